The lowest BCUT2D eigenvalue weighted by atomic mass is 10.2. The highest BCUT2D eigenvalue weighted by molar-refractivity contribution is 6.29. The van der Waals surface area contributed by atoms with Crippen molar-refractivity contribution < 1.29 is 4.74 Å². The molecular weight excluding hydrogens is 226 g/mol. The summed E-state index contributed by atoms with van der Waals surface area (Å²) < 4.78 is 5.51. The maximum atomic E-state index is 5.81. The van der Waals surface area contributed by atoms with Crippen LogP contribution in [0.25, 0.3) is 0 Å². The maximum Gasteiger partial charge on any atom is 0.185 e. The molecule has 0 spiro atoms. The van der Waals surface area contributed by atoms with Crippen molar-refractivity contribution in [2.24, 2.45) is 0 Å². The van der Waals surface area contributed by atoms with E-state index in [1.54, 1.807) is 13.0 Å². The Kier molecular flexibility index (Phi) is 3.75. The van der Waals surface area contributed by atoms with Crippen molar-refractivity contribution in [3.63, 3.8) is 0 Å². The van der Waals surface area contributed by atoms with E-state index in [4.69, 9.17) is 16.3 Å². The number of hydrogen-bond acceptors (Lipinski definition) is 4. The third kappa shape index (κ3) is 4.49. The van der Waals surface area contributed by atoms with Gasteiger partial charge >= 0.3 is 0 Å². The number of halogens is 1. The predicted octanol–water partition coefficient (Wildman–Crippen LogP) is 3.14. The third-order valence-electron chi connectivity index (χ3n) is 1.50. The molecule has 0 amide bonds. The number of rotatable bonds is 3. The number of aryl methyl sites for hydroxylation is 1. The van der Waals surface area contributed by atoms with Crippen LogP contribution in [0.1, 0.15) is 26.6 Å². The van der Waals surface area contributed by atoms with E-state index < -0.39 is 0 Å². The molecule has 0 aromatic carbocycles. The Hall–Kier alpha value is -1.29. The van der Waals surface area contributed by atoms with E-state index >= 15 is 0 Å². The SMILES string of the molecule is C=C(Nc1cc(Cl)nc(C)n1)OC(C)(C)C. The zero-order valence-corrected chi connectivity index (χ0v) is 10.7. The molecule has 16 heavy (non-hydrogen) atoms. The van der Waals surface area contributed by atoms with Gasteiger partial charge in [-0.05, 0) is 34.3 Å². The molecule has 0 aliphatic heterocycles. The summed E-state index contributed by atoms with van der Waals surface area (Å²) in [6.45, 7) is 11.4. The van der Waals surface area contributed by atoms with E-state index in [2.05, 4.69) is 21.9 Å². The molecule has 1 aromatic rings. The van der Waals surface area contributed by atoms with E-state index in [1.807, 2.05) is 20.8 Å². The molecule has 88 valence electrons. The van der Waals surface area contributed by atoms with Crippen molar-refractivity contribution in [1.29, 1.82) is 0 Å². The van der Waals surface area contributed by atoms with Crippen molar-refractivity contribution in [1.82, 2.24) is 9.97 Å². The quantitative estimate of drug-likeness (QED) is 0.652. The van der Waals surface area contributed by atoms with Gasteiger partial charge in [-0.1, -0.05) is 11.6 Å². The first kappa shape index (κ1) is 12.8. The molecule has 0 aliphatic rings. The zero-order valence-electron chi connectivity index (χ0n) is 9.97. The molecule has 4 nitrogen and oxygen atoms in total. The molecule has 0 unspecified atom stereocenters. The highest BCUT2D eigenvalue weighted by Gasteiger charge is 2.12. The highest BCUT2D eigenvalue weighted by atomic mass is 35.5. The average molecular weight is 242 g/mol. The van der Waals surface area contributed by atoms with Gasteiger partial charge < -0.3 is 10.1 Å². The normalized spacial score (nSPS) is 11.1. The number of ether oxygens (including phenoxy) is 1. The van der Waals surface area contributed by atoms with E-state index in [9.17, 15) is 0 Å². The van der Waals surface area contributed by atoms with Crippen LogP contribution in [0.15, 0.2) is 18.5 Å². The third-order valence-corrected chi connectivity index (χ3v) is 1.70. The maximum absolute atomic E-state index is 5.81. The fourth-order valence-corrected chi connectivity index (χ4v) is 1.36. The summed E-state index contributed by atoms with van der Waals surface area (Å²) in [5.41, 5.74) is -0.296. The first-order chi connectivity index (χ1) is 7.26. The van der Waals surface area contributed by atoms with Crippen LogP contribution in [0.4, 0.5) is 5.82 Å². The molecule has 1 rings (SSSR count). The summed E-state index contributed by atoms with van der Waals surface area (Å²) in [5.74, 6) is 1.60. The molecule has 1 heterocycles. The molecule has 0 saturated carbocycles. The number of nitrogens with zero attached hydrogens (tertiary/aromatic N) is 2. The number of anilines is 1. The van der Waals surface area contributed by atoms with Gasteiger partial charge in [-0.3, -0.25) is 0 Å². The number of hydrogen-bond donors (Lipinski definition) is 1. The van der Waals surface area contributed by atoms with Crippen molar-refractivity contribution in [2.75, 3.05) is 5.32 Å². The second-order valence-corrected chi connectivity index (χ2v) is 4.77. The van der Waals surface area contributed by atoms with Crippen LogP contribution >= 0.6 is 11.6 Å². The second kappa shape index (κ2) is 4.70. The molecule has 0 aliphatic carbocycles. The smallest absolute Gasteiger partial charge is 0.185 e. The first-order valence-corrected chi connectivity index (χ1v) is 5.30. The Balaban J connectivity index is 2.70. The van der Waals surface area contributed by atoms with Gasteiger partial charge in [0.05, 0.1) is 0 Å². The van der Waals surface area contributed by atoms with Gasteiger partial charge in [0, 0.05) is 6.07 Å². The minimum absolute atomic E-state index is 0.296. The van der Waals surface area contributed by atoms with E-state index in [-0.39, 0.29) is 5.60 Å². The largest absolute Gasteiger partial charge is 0.474 e. The Morgan fingerprint density at radius 2 is 2.06 bits per heavy atom. The monoisotopic (exact) mass is 241 g/mol. The Morgan fingerprint density at radius 3 is 2.56 bits per heavy atom. The summed E-state index contributed by atoms with van der Waals surface area (Å²) in [6.07, 6.45) is 0. The van der Waals surface area contributed by atoms with Crippen LogP contribution < -0.4 is 5.32 Å². The van der Waals surface area contributed by atoms with E-state index in [0.717, 1.165) is 0 Å². The minimum atomic E-state index is -0.296. The molecule has 1 aromatic heterocycles. The summed E-state index contributed by atoms with van der Waals surface area (Å²) in [5, 5.41) is 3.32. The Bertz CT molecular complexity index is 378. The summed E-state index contributed by atoms with van der Waals surface area (Å²) >= 11 is 5.81. The number of aromatic nitrogens is 2. The Labute approximate surface area is 101 Å². The molecule has 1 N–H and O–H groups in total. The van der Waals surface area contributed by atoms with E-state index in [0.29, 0.717) is 22.7 Å². The minimum Gasteiger partial charge on any atom is -0.474 e. The predicted molar refractivity (Wildman–Crippen MR) is 65.4 cm³/mol. The van der Waals surface area contributed by atoms with E-state index in [1.165, 1.54) is 0 Å². The molecule has 0 saturated heterocycles. The van der Waals surface area contributed by atoms with Crippen LogP contribution in [0.2, 0.25) is 5.15 Å². The van der Waals surface area contributed by atoms with Gasteiger partial charge in [-0.2, -0.15) is 0 Å². The molecule has 5 heteroatoms. The van der Waals surface area contributed by atoms with Crippen molar-refractivity contribution >= 4 is 17.4 Å². The average Bonchev–Trinajstić information content (AvgIpc) is 1.96. The molecule has 0 radical (unpaired) electrons. The van der Waals surface area contributed by atoms with Crippen molar-refractivity contribution in [3.05, 3.63) is 29.5 Å². The van der Waals surface area contributed by atoms with Crippen LogP contribution in [-0.4, -0.2) is 15.6 Å². The van der Waals surface area contributed by atoms with Gasteiger partial charge in [-0.25, -0.2) is 9.97 Å². The van der Waals surface area contributed by atoms with Crippen LogP contribution in [0, 0.1) is 6.92 Å². The van der Waals surface area contributed by atoms with Gasteiger partial charge in [0.25, 0.3) is 0 Å². The van der Waals surface area contributed by atoms with Gasteiger partial charge in [0.15, 0.2) is 5.88 Å². The molecule has 0 bridgehead atoms. The Morgan fingerprint density at radius 1 is 1.44 bits per heavy atom. The molecular formula is C11H16ClN3O. The fraction of sp³-hybridized carbons (Fsp3) is 0.455. The van der Waals surface area contributed by atoms with Crippen molar-refractivity contribution in [2.45, 2.75) is 33.3 Å². The highest BCUT2D eigenvalue weighted by Crippen LogP contribution is 2.16. The summed E-state index contributed by atoms with van der Waals surface area (Å²) in [7, 11) is 0. The van der Waals surface area contributed by atoms with Crippen LogP contribution in [-0.2, 0) is 4.74 Å². The van der Waals surface area contributed by atoms with Crippen LogP contribution in [0.3, 0.4) is 0 Å². The summed E-state index contributed by atoms with van der Waals surface area (Å²) in [4.78, 5) is 8.12. The van der Waals surface area contributed by atoms with Gasteiger partial charge in [0.2, 0.25) is 0 Å². The lowest BCUT2D eigenvalue weighted by Gasteiger charge is -2.23. The van der Waals surface area contributed by atoms with Crippen molar-refractivity contribution in [3.8, 4) is 0 Å². The lowest BCUT2D eigenvalue weighted by molar-refractivity contribution is 0.0564. The number of nitrogens with one attached hydrogen (secondary N) is 1. The topological polar surface area (TPSA) is 47.0 Å². The summed E-state index contributed by atoms with van der Waals surface area (Å²) in [6, 6.07) is 1.62. The first-order valence-electron chi connectivity index (χ1n) is 4.92. The molecule has 0 atom stereocenters. The molecule has 0 fully saturated rings. The lowest BCUT2D eigenvalue weighted by Crippen LogP contribution is -2.21. The zero-order chi connectivity index (χ0) is 12.3. The standard InChI is InChI=1S/C11H16ClN3O/c1-7-13-9(12)6-10(14-7)15-8(2)16-11(3,4)5/h6H,2H2,1,3-5H3,(H,13,14,15). The van der Waals surface area contributed by atoms with Crippen LogP contribution in [0.5, 0.6) is 0 Å². The van der Waals surface area contributed by atoms with Gasteiger partial charge in [-0.15, -0.1) is 0 Å². The van der Waals surface area contributed by atoms with Gasteiger partial charge in [0.1, 0.15) is 22.4 Å². The fourth-order valence-electron chi connectivity index (χ4n) is 1.13. The second-order valence-electron chi connectivity index (χ2n) is 4.39.